The van der Waals surface area contributed by atoms with Crippen molar-refractivity contribution in [2.24, 2.45) is 5.92 Å². The normalized spacial score (nSPS) is 17.4. The summed E-state index contributed by atoms with van der Waals surface area (Å²) in [4.78, 5) is 4.13. The Kier molecular flexibility index (Phi) is 4.02. The minimum absolute atomic E-state index is 0.590. The third-order valence-electron chi connectivity index (χ3n) is 3.07. The lowest BCUT2D eigenvalue weighted by atomic mass is 9.98. The first kappa shape index (κ1) is 11.7. The predicted octanol–water partition coefficient (Wildman–Crippen LogP) is 2.45. The Labute approximate surface area is 102 Å². The van der Waals surface area contributed by atoms with Gasteiger partial charge in [-0.2, -0.15) is 0 Å². The molecule has 0 aliphatic carbocycles. The third-order valence-corrected chi connectivity index (χ3v) is 3.46. The number of halogens is 1. The molecule has 2 heterocycles. The van der Waals surface area contributed by atoms with Crippen LogP contribution in [0.1, 0.15) is 18.4 Å². The maximum atomic E-state index is 5.88. The number of piperidine rings is 1. The van der Waals surface area contributed by atoms with Gasteiger partial charge in [0.1, 0.15) is 5.15 Å². The van der Waals surface area contributed by atoms with Crippen LogP contribution in [0.5, 0.6) is 0 Å². The van der Waals surface area contributed by atoms with E-state index in [0.29, 0.717) is 5.15 Å². The van der Waals surface area contributed by atoms with Crippen LogP contribution in [0.3, 0.4) is 0 Å². The number of pyridine rings is 1. The van der Waals surface area contributed by atoms with Crippen LogP contribution in [0.4, 0.5) is 5.69 Å². The monoisotopic (exact) mass is 239 g/mol. The Morgan fingerprint density at radius 2 is 2.25 bits per heavy atom. The number of rotatable bonds is 3. The minimum atomic E-state index is 0.590. The molecule has 88 valence electrons. The van der Waals surface area contributed by atoms with Gasteiger partial charge in [0.25, 0.3) is 0 Å². The molecule has 0 amide bonds. The maximum absolute atomic E-state index is 5.88. The van der Waals surface area contributed by atoms with Gasteiger partial charge in [-0.15, -0.1) is 0 Å². The van der Waals surface area contributed by atoms with Gasteiger partial charge in [-0.3, -0.25) is 0 Å². The molecular formula is C12H18ClN3. The summed E-state index contributed by atoms with van der Waals surface area (Å²) in [7, 11) is 0. The van der Waals surface area contributed by atoms with Crippen molar-refractivity contribution in [3.63, 3.8) is 0 Å². The number of nitrogens with zero attached hydrogens (tertiary/aromatic N) is 1. The first-order valence-electron chi connectivity index (χ1n) is 5.82. The van der Waals surface area contributed by atoms with Crippen LogP contribution < -0.4 is 10.6 Å². The number of hydrogen-bond donors (Lipinski definition) is 2. The first-order valence-corrected chi connectivity index (χ1v) is 6.20. The first-order chi connectivity index (χ1) is 7.75. The van der Waals surface area contributed by atoms with Crippen molar-refractivity contribution in [1.82, 2.24) is 10.3 Å². The second-order valence-corrected chi connectivity index (χ2v) is 4.76. The van der Waals surface area contributed by atoms with Crippen LogP contribution in [-0.2, 0) is 0 Å². The van der Waals surface area contributed by atoms with Crippen LogP contribution in [0, 0.1) is 12.8 Å². The van der Waals surface area contributed by atoms with Crippen molar-refractivity contribution in [1.29, 1.82) is 0 Å². The molecule has 0 saturated carbocycles. The lowest BCUT2D eigenvalue weighted by Gasteiger charge is -2.23. The molecule has 1 saturated heterocycles. The van der Waals surface area contributed by atoms with E-state index in [0.717, 1.165) is 36.8 Å². The van der Waals surface area contributed by atoms with E-state index < -0.39 is 0 Å². The van der Waals surface area contributed by atoms with Crippen LogP contribution >= 0.6 is 11.6 Å². The summed E-state index contributed by atoms with van der Waals surface area (Å²) in [5, 5.41) is 7.40. The molecule has 0 bridgehead atoms. The zero-order valence-electron chi connectivity index (χ0n) is 9.59. The lowest BCUT2D eigenvalue weighted by molar-refractivity contribution is 0.390. The number of aromatic nitrogens is 1. The zero-order valence-corrected chi connectivity index (χ0v) is 10.3. The van der Waals surface area contributed by atoms with Crippen molar-refractivity contribution in [3.8, 4) is 0 Å². The lowest BCUT2D eigenvalue weighted by Crippen LogP contribution is -2.31. The average Bonchev–Trinajstić information content (AvgIpc) is 2.32. The standard InChI is InChI=1S/C12H18ClN3/c1-9-6-11(8-16-12(9)13)15-7-10-2-4-14-5-3-10/h6,8,10,14-15H,2-5,7H2,1H3. The van der Waals surface area contributed by atoms with Gasteiger partial charge in [-0.1, -0.05) is 11.6 Å². The van der Waals surface area contributed by atoms with Crippen molar-refractivity contribution in [2.45, 2.75) is 19.8 Å². The Bertz CT molecular complexity index is 348. The summed E-state index contributed by atoms with van der Waals surface area (Å²) in [6.07, 6.45) is 4.32. The van der Waals surface area contributed by atoms with Gasteiger partial charge >= 0.3 is 0 Å². The fourth-order valence-electron chi connectivity index (χ4n) is 2.00. The van der Waals surface area contributed by atoms with Crippen molar-refractivity contribution in [2.75, 3.05) is 25.0 Å². The van der Waals surface area contributed by atoms with Gasteiger partial charge < -0.3 is 10.6 Å². The van der Waals surface area contributed by atoms with Crippen LogP contribution in [-0.4, -0.2) is 24.6 Å². The smallest absolute Gasteiger partial charge is 0.132 e. The highest BCUT2D eigenvalue weighted by Crippen LogP contribution is 2.18. The van der Waals surface area contributed by atoms with Crippen molar-refractivity contribution >= 4 is 17.3 Å². The Balaban J connectivity index is 1.86. The van der Waals surface area contributed by atoms with Gasteiger partial charge in [-0.05, 0) is 50.4 Å². The molecule has 0 radical (unpaired) electrons. The second-order valence-electron chi connectivity index (χ2n) is 4.41. The summed E-state index contributed by atoms with van der Waals surface area (Å²) in [6, 6.07) is 2.05. The molecule has 0 spiro atoms. The van der Waals surface area contributed by atoms with Gasteiger partial charge in [-0.25, -0.2) is 4.98 Å². The van der Waals surface area contributed by atoms with Crippen LogP contribution in [0.2, 0.25) is 5.15 Å². The summed E-state index contributed by atoms with van der Waals surface area (Å²) >= 11 is 5.88. The molecule has 1 aromatic heterocycles. The molecule has 0 aromatic carbocycles. The summed E-state index contributed by atoms with van der Waals surface area (Å²) in [5.41, 5.74) is 2.09. The fraction of sp³-hybridized carbons (Fsp3) is 0.583. The van der Waals surface area contributed by atoms with E-state index in [-0.39, 0.29) is 0 Å². The molecule has 1 aliphatic rings. The maximum Gasteiger partial charge on any atom is 0.132 e. The Morgan fingerprint density at radius 1 is 1.50 bits per heavy atom. The summed E-state index contributed by atoms with van der Waals surface area (Å²) < 4.78 is 0. The van der Waals surface area contributed by atoms with E-state index in [4.69, 9.17) is 11.6 Å². The molecular weight excluding hydrogens is 222 g/mol. The largest absolute Gasteiger partial charge is 0.384 e. The van der Waals surface area contributed by atoms with Crippen molar-refractivity contribution in [3.05, 3.63) is 23.0 Å². The van der Waals surface area contributed by atoms with E-state index in [2.05, 4.69) is 21.7 Å². The Morgan fingerprint density at radius 3 is 2.94 bits per heavy atom. The quantitative estimate of drug-likeness (QED) is 0.796. The number of aryl methyl sites for hydroxylation is 1. The molecule has 0 atom stereocenters. The SMILES string of the molecule is Cc1cc(NCC2CCNCC2)cnc1Cl. The zero-order chi connectivity index (χ0) is 11.4. The molecule has 1 aromatic rings. The molecule has 1 fully saturated rings. The van der Waals surface area contributed by atoms with Gasteiger partial charge in [0.15, 0.2) is 0 Å². The van der Waals surface area contributed by atoms with E-state index >= 15 is 0 Å². The highest BCUT2D eigenvalue weighted by molar-refractivity contribution is 6.30. The molecule has 4 heteroatoms. The van der Waals surface area contributed by atoms with Crippen molar-refractivity contribution < 1.29 is 0 Å². The van der Waals surface area contributed by atoms with Crippen LogP contribution in [0.15, 0.2) is 12.3 Å². The number of nitrogens with one attached hydrogen (secondary N) is 2. The fourth-order valence-corrected chi connectivity index (χ4v) is 2.11. The van der Waals surface area contributed by atoms with Gasteiger partial charge in [0.05, 0.1) is 11.9 Å². The Hall–Kier alpha value is -0.800. The number of anilines is 1. The number of hydrogen-bond acceptors (Lipinski definition) is 3. The highest BCUT2D eigenvalue weighted by atomic mass is 35.5. The summed E-state index contributed by atoms with van der Waals surface area (Å²) in [6.45, 7) is 5.30. The molecule has 1 aliphatic heterocycles. The van der Waals surface area contributed by atoms with Gasteiger partial charge in [0, 0.05) is 6.54 Å². The van der Waals surface area contributed by atoms with Gasteiger partial charge in [0.2, 0.25) is 0 Å². The van der Waals surface area contributed by atoms with E-state index in [1.165, 1.54) is 12.8 Å². The minimum Gasteiger partial charge on any atom is -0.384 e. The average molecular weight is 240 g/mol. The van der Waals surface area contributed by atoms with Crippen LogP contribution in [0.25, 0.3) is 0 Å². The topological polar surface area (TPSA) is 37.0 Å². The summed E-state index contributed by atoms with van der Waals surface area (Å²) in [5.74, 6) is 0.775. The molecule has 3 nitrogen and oxygen atoms in total. The third kappa shape index (κ3) is 3.09. The van der Waals surface area contributed by atoms with E-state index in [9.17, 15) is 0 Å². The van der Waals surface area contributed by atoms with E-state index in [1.54, 1.807) is 6.20 Å². The molecule has 0 unspecified atom stereocenters. The molecule has 2 N–H and O–H groups in total. The highest BCUT2D eigenvalue weighted by Gasteiger charge is 2.12. The molecule has 16 heavy (non-hydrogen) atoms. The second kappa shape index (κ2) is 5.51. The molecule has 2 rings (SSSR count). The predicted molar refractivity (Wildman–Crippen MR) is 68.1 cm³/mol. The van der Waals surface area contributed by atoms with E-state index in [1.807, 2.05) is 6.92 Å².